The highest BCUT2D eigenvalue weighted by Gasteiger charge is 2.08. The molecule has 2 atom stereocenters. The first-order chi connectivity index (χ1) is 16.0. The smallest absolute Gasteiger partial charge is 0.191 e. The molecule has 0 aromatic heterocycles. The lowest BCUT2D eigenvalue weighted by Gasteiger charge is -2.20. The van der Waals surface area contributed by atoms with Crippen LogP contribution in [0.15, 0.2) is 122 Å². The molecule has 0 heterocycles. The normalized spacial score (nSPS) is 14.2. The zero-order valence-corrected chi connectivity index (χ0v) is 18.7. The van der Waals surface area contributed by atoms with Crippen LogP contribution < -0.4 is 24.9 Å². The van der Waals surface area contributed by atoms with E-state index in [4.69, 9.17) is 14.4 Å². The third kappa shape index (κ3) is 8.29. The fourth-order valence-electron chi connectivity index (χ4n) is 2.62. The number of nitrogens with one attached hydrogen (secondary N) is 2. The molecule has 7 heteroatoms. The Bertz CT molecular complexity index is 938. The van der Waals surface area contributed by atoms with Crippen molar-refractivity contribution in [3.8, 4) is 23.0 Å². The molecule has 0 spiro atoms. The van der Waals surface area contributed by atoms with Crippen LogP contribution in [0.4, 0.5) is 0 Å². The van der Waals surface area contributed by atoms with Crippen LogP contribution in [0.2, 0.25) is 0 Å². The summed E-state index contributed by atoms with van der Waals surface area (Å²) < 4.78 is 5.79. The molecular weight excluding hydrogens is 420 g/mol. The fraction of sp³-hybridized carbons (Fsp3) is 0.0769. The van der Waals surface area contributed by atoms with Gasteiger partial charge in [-0.25, -0.2) is 0 Å². The molecule has 2 aromatic carbocycles. The predicted molar refractivity (Wildman–Crippen MR) is 129 cm³/mol. The Morgan fingerprint density at radius 2 is 1.00 bits per heavy atom. The molecule has 2 N–H and O–H groups in total. The Morgan fingerprint density at radius 1 is 0.667 bits per heavy atom. The van der Waals surface area contributed by atoms with Crippen LogP contribution >= 0.6 is 0 Å². The summed E-state index contributed by atoms with van der Waals surface area (Å²) in [6.45, 7) is 10.8. The van der Waals surface area contributed by atoms with Crippen LogP contribution in [0.3, 0.4) is 0 Å². The van der Waals surface area contributed by atoms with E-state index in [1.165, 1.54) is 12.2 Å². The highest BCUT2D eigenvalue weighted by molar-refractivity contribution is 5.37. The molecular formula is C26H28N2O5. The Balaban J connectivity index is 1.98. The number of allylic oxidation sites excluding steroid dienone is 8. The molecule has 2 unspecified atom stereocenters. The van der Waals surface area contributed by atoms with E-state index in [1.807, 2.05) is 13.8 Å². The van der Waals surface area contributed by atoms with Crippen LogP contribution in [0, 0.1) is 10.4 Å². The molecule has 0 bridgehead atoms. The summed E-state index contributed by atoms with van der Waals surface area (Å²) in [5.74, 6) is 1.88. The quantitative estimate of drug-likeness (QED) is 0.377. The van der Waals surface area contributed by atoms with Gasteiger partial charge in [-0.3, -0.25) is 0 Å². The molecule has 0 aliphatic heterocycles. The van der Waals surface area contributed by atoms with Crippen LogP contribution in [0.25, 0.3) is 0 Å². The van der Waals surface area contributed by atoms with E-state index in [2.05, 4.69) is 13.2 Å². The molecule has 0 amide bonds. The minimum Gasteiger partial charge on any atom is -0.585 e. The average Bonchev–Trinajstić information content (AvgIpc) is 2.81. The van der Waals surface area contributed by atoms with E-state index in [1.54, 1.807) is 85.0 Å². The SMILES string of the molecule is C=C/C=C(\C=C/C)[NH+]([O-])Oc1ccc(Oc2ccc(O[NH+]([O-])C(/C=C\C)=C/C=C)cc2)cc1. The summed E-state index contributed by atoms with van der Waals surface area (Å²) in [6, 6.07) is 13.3. The Labute approximate surface area is 194 Å². The standard InChI is InChI=1S/C26H28N2O5/c1-5-9-21(10-6-2)27(29)32-25-17-13-23(14-18-25)31-24-15-19-26(20-16-24)33-28(30)22(11-7-3)12-8-4/h5-20,27-28H,1,3H2,2,4H3/b10-6-,12-8-,21-9+,22-11+. The average molecular weight is 449 g/mol. The molecule has 0 radical (unpaired) electrons. The van der Waals surface area contributed by atoms with Gasteiger partial charge in [0, 0.05) is 12.2 Å². The van der Waals surface area contributed by atoms with Crippen molar-refractivity contribution in [2.75, 3.05) is 0 Å². The van der Waals surface area contributed by atoms with Gasteiger partial charge in [0.2, 0.25) is 0 Å². The molecule has 0 saturated carbocycles. The monoisotopic (exact) mass is 448 g/mol. The van der Waals surface area contributed by atoms with Crippen molar-refractivity contribution in [1.82, 2.24) is 0 Å². The number of hydrogen-bond acceptors (Lipinski definition) is 5. The first-order valence-corrected chi connectivity index (χ1v) is 10.2. The first kappa shape index (κ1) is 25.4. The van der Waals surface area contributed by atoms with Crippen molar-refractivity contribution in [2.45, 2.75) is 13.8 Å². The maximum Gasteiger partial charge on any atom is 0.191 e. The Hall–Kier alpha value is -3.88. The largest absolute Gasteiger partial charge is 0.585 e. The summed E-state index contributed by atoms with van der Waals surface area (Å²) >= 11 is 0. The second-order valence-corrected chi connectivity index (χ2v) is 6.54. The van der Waals surface area contributed by atoms with Gasteiger partial charge in [-0.15, -0.1) is 10.5 Å². The number of ether oxygens (including phenoxy) is 1. The topological polar surface area (TPSA) is 82.7 Å². The highest BCUT2D eigenvalue weighted by atomic mass is 16.9. The number of hydroxylamine groups is 4. The van der Waals surface area contributed by atoms with Gasteiger partial charge in [-0.2, -0.15) is 0 Å². The molecule has 7 nitrogen and oxygen atoms in total. The second-order valence-electron chi connectivity index (χ2n) is 6.54. The Morgan fingerprint density at radius 3 is 1.30 bits per heavy atom. The van der Waals surface area contributed by atoms with E-state index in [9.17, 15) is 10.4 Å². The number of rotatable bonds is 12. The summed E-state index contributed by atoms with van der Waals surface area (Å²) in [5, 5.41) is 23.5. The molecule has 2 rings (SSSR count). The van der Waals surface area contributed by atoms with Crippen LogP contribution in [0.1, 0.15) is 13.8 Å². The minimum atomic E-state index is -0.479. The van der Waals surface area contributed by atoms with Gasteiger partial charge in [-0.05, 0) is 74.5 Å². The van der Waals surface area contributed by atoms with Crippen molar-refractivity contribution < 1.29 is 24.9 Å². The molecule has 33 heavy (non-hydrogen) atoms. The van der Waals surface area contributed by atoms with E-state index in [-0.39, 0.29) is 0 Å². The van der Waals surface area contributed by atoms with Gasteiger partial charge >= 0.3 is 0 Å². The van der Waals surface area contributed by atoms with Crippen molar-refractivity contribution in [1.29, 1.82) is 0 Å². The molecule has 0 aliphatic carbocycles. The van der Waals surface area contributed by atoms with Gasteiger partial charge in [0.05, 0.1) is 0 Å². The van der Waals surface area contributed by atoms with Crippen LogP contribution in [0.5, 0.6) is 23.0 Å². The van der Waals surface area contributed by atoms with Gasteiger partial charge in [0.15, 0.2) is 22.9 Å². The second kappa shape index (κ2) is 13.5. The van der Waals surface area contributed by atoms with Crippen molar-refractivity contribution in [2.24, 2.45) is 0 Å². The zero-order chi connectivity index (χ0) is 24.1. The maximum absolute atomic E-state index is 12.2. The van der Waals surface area contributed by atoms with Gasteiger partial charge < -0.3 is 24.8 Å². The predicted octanol–water partition coefficient (Wildman–Crippen LogP) is 4.12. The van der Waals surface area contributed by atoms with E-state index < -0.39 is 10.5 Å². The molecule has 0 saturated heterocycles. The van der Waals surface area contributed by atoms with Crippen molar-refractivity contribution >= 4 is 0 Å². The van der Waals surface area contributed by atoms with Crippen LogP contribution in [-0.4, -0.2) is 0 Å². The summed E-state index contributed by atoms with van der Waals surface area (Å²) in [6.07, 6.45) is 13.0. The number of quaternary nitrogens is 2. The van der Waals surface area contributed by atoms with E-state index >= 15 is 0 Å². The van der Waals surface area contributed by atoms with E-state index in [0.29, 0.717) is 34.4 Å². The van der Waals surface area contributed by atoms with Crippen molar-refractivity contribution in [3.05, 3.63) is 132 Å². The third-order valence-corrected chi connectivity index (χ3v) is 4.06. The highest BCUT2D eigenvalue weighted by Crippen LogP contribution is 2.25. The van der Waals surface area contributed by atoms with Crippen LogP contribution in [-0.2, 0) is 0 Å². The fourth-order valence-corrected chi connectivity index (χ4v) is 2.62. The first-order valence-electron chi connectivity index (χ1n) is 10.2. The van der Waals surface area contributed by atoms with Crippen molar-refractivity contribution in [3.63, 3.8) is 0 Å². The maximum atomic E-state index is 12.2. The summed E-state index contributed by atoms with van der Waals surface area (Å²) in [7, 11) is 0. The zero-order valence-electron chi connectivity index (χ0n) is 18.7. The lowest BCUT2D eigenvalue weighted by atomic mass is 10.3. The number of hydrogen-bond donors (Lipinski definition) is 2. The molecule has 0 fully saturated rings. The number of benzene rings is 2. The Kier molecular flexibility index (Phi) is 10.4. The van der Waals surface area contributed by atoms with Gasteiger partial charge in [0.1, 0.15) is 11.5 Å². The minimum absolute atomic E-state index is 0.388. The molecule has 0 aliphatic rings. The lowest BCUT2D eigenvalue weighted by Crippen LogP contribution is -3.07. The third-order valence-electron chi connectivity index (χ3n) is 4.06. The molecule has 172 valence electrons. The molecule has 2 aromatic rings. The van der Waals surface area contributed by atoms with Gasteiger partial charge in [-0.1, -0.05) is 37.5 Å². The van der Waals surface area contributed by atoms with E-state index in [0.717, 1.165) is 0 Å². The van der Waals surface area contributed by atoms with Gasteiger partial charge in [0.25, 0.3) is 0 Å². The summed E-state index contributed by atoms with van der Waals surface area (Å²) in [4.78, 5) is 10.7. The lowest BCUT2D eigenvalue weighted by molar-refractivity contribution is -0.984. The summed E-state index contributed by atoms with van der Waals surface area (Å²) in [5.41, 5.74) is 0.790.